The molecular formula is C14H25N3O2. The normalized spacial score (nSPS) is 30.3. The van der Waals surface area contributed by atoms with E-state index in [0.29, 0.717) is 5.91 Å². The van der Waals surface area contributed by atoms with Crippen molar-refractivity contribution in [1.29, 1.82) is 0 Å². The molecule has 2 aliphatic heterocycles. The fourth-order valence-electron chi connectivity index (χ4n) is 3.19. The van der Waals surface area contributed by atoms with Gasteiger partial charge < -0.3 is 9.64 Å². The maximum Gasteiger partial charge on any atom is 0.244 e. The van der Waals surface area contributed by atoms with Gasteiger partial charge in [-0.3, -0.25) is 15.0 Å². The number of rotatable bonds is 5. The first-order chi connectivity index (χ1) is 9.25. The van der Waals surface area contributed by atoms with Crippen LogP contribution in [-0.4, -0.2) is 66.8 Å². The number of hydrogen-bond donors (Lipinski definition) is 1. The molecule has 0 aromatic rings. The van der Waals surface area contributed by atoms with E-state index >= 15 is 0 Å². The Balaban J connectivity index is 1.56. The van der Waals surface area contributed by atoms with E-state index in [1.807, 2.05) is 0 Å². The second kappa shape index (κ2) is 5.38. The summed E-state index contributed by atoms with van der Waals surface area (Å²) >= 11 is 0. The Bertz CT molecular complexity index is 338. The second-order valence-corrected chi connectivity index (χ2v) is 5.98. The first kappa shape index (κ1) is 13.3. The quantitative estimate of drug-likeness (QED) is 0.783. The number of nitrogens with zero attached hydrogens (tertiary/aromatic N) is 2. The first-order valence-corrected chi connectivity index (χ1v) is 7.64. The average molecular weight is 267 g/mol. The van der Waals surface area contributed by atoms with E-state index in [1.54, 1.807) is 0 Å². The van der Waals surface area contributed by atoms with Crippen LogP contribution in [0.1, 0.15) is 32.6 Å². The number of amides is 1. The van der Waals surface area contributed by atoms with Gasteiger partial charge in [0.25, 0.3) is 0 Å². The van der Waals surface area contributed by atoms with Crippen LogP contribution in [0.3, 0.4) is 0 Å². The van der Waals surface area contributed by atoms with Crippen molar-refractivity contribution < 1.29 is 9.53 Å². The van der Waals surface area contributed by atoms with Gasteiger partial charge in [0, 0.05) is 26.2 Å². The molecule has 0 bridgehead atoms. The van der Waals surface area contributed by atoms with Crippen LogP contribution < -0.4 is 5.32 Å². The third kappa shape index (κ3) is 2.64. The summed E-state index contributed by atoms with van der Waals surface area (Å²) in [5, 5.41) is 3.56. The van der Waals surface area contributed by atoms with Crippen molar-refractivity contribution in [3.63, 3.8) is 0 Å². The van der Waals surface area contributed by atoms with Crippen LogP contribution in [0, 0.1) is 0 Å². The van der Waals surface area contributed by atoms with Crippen molar-refractivity contribution in [3.8, 4) is 0 Å². The lowest BCUT2D eigenvalue weighted by Crippen LogP contribution is -2.45. The van der Waals surface area contributed by atoms with E-state index in [9.17, 15) is 4.79 Å². The Morgan fingerprint density at radius 3 is 2.68 bits per heavy atom. The molecule has 1 unspecified atom stereocenters. The minimum absolute atomic E-state index is 0.162. The van der Waals surface area contributed by atoms with Crippen LogP contribution in [0.15, 0.2) is 0 Å². The summed E-state index contributed by atoms with van der Waals surface area (Å²) < 4.78 is 5.36. The molecule has 3 aliphatic rings. The van der Waals surface area contributed by atoms with Gasteiger partial charge in [-0.05, 0) is 19.3 Å². The molecule has 1 spiro atoms. The van der Waals surface area contributed by atoms with Crippen LogP contribution >= 0.6 is 0 Å². The molecule has 3 rings (SSSR count). The highest BCUT2D eigenvalue weighted by atomic mass is 16.5. The van der Waals surface area contributed by atoms with Crippen LogP contribution in [0.4, 0.5) is 0 Å². The molecule has 1 aliphatic carbocycles. The van der Waals surface area contributed by atoms with E-state index in [4.69, 9.17) is 4.74 Å². The highest BCUT2D eigenvalue weighted by Crippen LogP contribution is 2.42. The molecule has 2 saturated heterocycles. The second-order valence-electron chi connectivity index (χ2n) is 5.98. The molecule has 108 valence electrons. The lowest BCUT2D eigenvalue weighted by molar-refractivity contribution is -0.131. The summed E-state index contributed by atoms with van der Waals surface area (Å²) in [4.78, 5) is 17.0. The maximum atomic E-state index is 12.5. The van der Waals surface area contributed by atoms with Crippen LogP contribution in [0.2, 0.25) is 0 Å². The third-order valence-corrected chi connectivity index (χ3v) is 4.56. The van der Waals surface area contributed by atoms with Gasteiger partial charge in [0.2, 0.25) is 5.91 Å². The van der Waals surface area contributed by atoms with Crippen LogP contribution in [0.25, 0.3) is 0 Å². The lowest BCUT2D eigenvalue weighted by atomic mass is 10.2. The monoisotopic (exact) mass is 267 g/mol. The van der Waals surface area contributed by atoms with Gasteiger partial charge >= 0.3 is 0 Å². The van der Waals surface area contributed by atoms with Gasteiger partial charge in [-0.1, -0.05) is 13.3 Å². The van der Waals surface area contributed by atoms with Gasteiger partial charge in [-0.15, -0.1) is 0 Å². The number of morpholine rings is 1. The minimum Gasteiger partial charge on any atom is -0.379 e. The minimum atomic E-state index is -0.162. The molecule has 2 heterocycles. The Morgan fingerprint density at radius 2 is 2.05 bits per heavy atom. The van der Waals surface area contributed by atoms with E-state index in [1.165, 1.54) is 0 Å². The van der Waals surface area contributed by atoms with Gasteiger partial charge in [0.1, 0.15) is 0 Å². The predicted octanol–water partition coefficient (Wildman–Crippen LogP) is 0.409. The van der Waals surface area contributed by atoms with Gasteiger partial charge in [-0.25, -0.2) is 0 Å². The highest BCUT2D eigenvalue weighted by molar-refractivity contribution is 5.91. The number of carbonyl (C=O) groups excluding carboxylic acids is 1. The SMILES string of the molecule is CCCC1NC2(CC2)C(=O)N1CCN1CCOCC1. The number of hydrogen-bond acceptors (Lipinski definition) is 4. The molecule has 0 radical (unpaired) electrons. The first-order valence-electron chi connectivity index (χ1n) is 7.64. The van der Waals surface area contributed by atoms with Gasteiger partial charge in [0.15, 0.2) is 0 Å². The standard InChI is InChI=1S/C14H25N3O2/c1-2-3-12-15-14(4-5-14)13(18)17(12)7-6-16-8-10-19-11-9-16/h12,15H,2-11H2,1H3. The Hall–Kier alpha value is -0.650. The van der Waals surface area contributed by atoms with Gasteiger partial charge in [-0.2, -0.15) is 0 Å². The summed E-state index contributed by atoms with van der Waals surface area (Å²) in [6.45, 7) is 7.68. The van der Waals surface area contributed by atoms with Crippen molar-refractivity contribution in [2.45, 2.75) is 44.3 Å². The number of ether oxygens (including phenoxy) is 1. The van der Waals surface area contributed by atoms with Crippen molar-refractivity contribution in [2.24, 2.45) is 0 Å². The molecule has 19 heavy (non-hydrogen) atoms. The fourth-order valence-corrected chi connectivity index (χ4v) is 3.19. The average Bonchev–Trinajstić information content (AvgIpc) is 3.15. The zero-order valence-corrected chi connectivity index (χ0v) is 11.9. The summed E-state index contributed by atoms with van der Waals surface area (Å²) in [6.07, 6.45) is 4.51. The third-order valence-electron chi connectivity index (χ3n) is 4.56. The molecule has 3 fully saturated rings. The zero-order valence-electron chi connectivity index (χ0n) is 11.9. The van der Waals surface area contributed by atoms with Gasteiger partial charge in [0.05, 0.1) is 24.9 Å². The van der Waals surface area contributed by atoms with Crippen molar-refractivity contribution in [2.75, 3.05) is 39.4 Å². The van der Waals surface area contributed by atoms with Crippen molar-refractivity contribution in [1.82, 2.24) is 15.1 Å². The topological polar surface area (TPSA) is 44.8 Å². The van der Waals surface area contributed by atoms with E-state index in [-0.39, 0.29) is 11.7 Å². The predicted molar refractivity (Wildman–Crippen MR) is 72.8 cm³/mol. The largest absolute Gasteiger partial charge is 0.379 e. The molecule has 1 saturated carbocycles. The molecule has 0 aromatic heterocycles. The lowest BCUT2D eigenvalue weighted by Gasteiger charge is -2.30. The molecule has 1 atom stereocenters. The molecule has 0 aromatic carbocycles. The summed E-state index contributed by atoms with van der Waals surface area (Å²) in [7, 11) is 0. The smallest absolute Gasteiger partial charge is 0.244 e. The Kier molecular flexibility index (Phi) is 3.78. The molecule has 5 nitrogen and oxygen atoms in total. The molecular weight excluding hydrogens is 242 g/mol. The molecule has 1 amide bonds. The Labute approximate surface area is 115 Å². The number of carbonyl (C=O) groups is 1. The summed E-state index contributed by atoms with van der Waals surface area (Å²) in [5.41, 5.74) is -0.162. The molecule has 5 heteroatoms. The van der Waals surface area contributed by atoms with E-state index < -0.39 is 0 Å². The fraction of sp³-hybridized carbons (Fsp3) is 0.929. The number of nitrogens with one attached hydrogen (secondary N) is 1. The van der Waals surface area contributed by atoms with E-state index in [0.717, 1.165) is 65.1 Å². The maximum absolute atomic E-state index is 12.5. The molecule has 1 N–H and O–H groups in total. The summed E-state index contributed by atoms with van der Waals surface area (Å²) in [6, 6.07) is 0. The summed E-state index contributed by atoms with van der Waals surface area (Å²) in [5.74, 6) is 0.346. The zero-order chi connectivity index (χ0) is 13.3. The van der Waals surface area contributed by atoms with Crippen molar-refractivity contribution in [3.05, 3.63) is 0 Å². The van der Waals surface area contributed by atoms with Crippen LogP contribution in [0.5, 0.6) is 0 Å². The van der Waals surface area contributed by atoms with E-state index in [2.05, 4.69) is 22.0 Å². The Morgan fingerprint density at radius 1 is 1.32 bits per heavy atom. The van der Waals surface area contributed by atoms with Crippen molar-refractivity contribution >= 4 is 5.91 Å². The highest BCUT2D eigenvalue weighted by Gasteiger charge is 2.58. The van der Waals surface area contributed by atoms with Crippen LogP contribution in [-0.2, 0) is 9.53 Å².